The molecule has 3 unspecified atom stereocenters. The molecule has 0 saturated carbocycles. The largest absolute Gasteiger partial charge is 0.422 e. The minimum Gasteiger partial charge on any atom is -0.422 e. The van der Waals surface area contributed by atoms with Crippen molar-refractivity contribution in [3.63, 3.8) is 0 Å². The normalized spacial score (nSPS) is 19.6. The van der Waals surface area contributed by atoms with Crippen LogP contribution < -0.4 is 25.3 Å². The van der Waals surface area contributed by atoms with Crippen molar-refractivity contribution in [2.75, 3.05) is 105 Å². The Bertz CT molecular complexity index is 3260. The second kappa shape index (κ2) is 18.1. The number of likely N-dealkylation sites (tertiary alicyclic amines) is 1. The SMILES string of the molecule is CN1CC2CN(c3nc4nc(N5CCOC(Cn6cc(-c7cccc(NC(=O)c8cc9oc(N%10CCOCC%10)nc9nc8Cl)n7)cn6)C5)oc4cc3C(=O)Nc3cccc(-c4cnn(C)c4)n3)CC2C1. The quantitative estimate of drug-likeness (QED) is 0.167. The number of pyridine rings is 4. The molecule has 8 aromatic heterocycles. The van der Waals surface area contributed by atoms with Crippen molar-refractivity contribution in [1.29, 1.82) is 0 Å². The lowest BCUT2D eigenvalue weighted by molar-refractivity contribution is 0.0259. The maximum Gasteiger partial charge on any atom is 0.300 e. The number of nitrogens with one attached hydrogen (secondary N) is 2. The first-order valence-electron chi connectivity index (χ1n) is 23.1. The highest BCUT2D eigenvalue weighted by atomic mass is 35.5. The minimum absolute atomic E-state index is 0.00490. The monoisotopic (exact) mass is 966 g/mol. The number of hydrogen-bond donors (Lipinski definition) is 2. The van der Waals surface area contributed by atoms with Crippen LogP contribution in [0, 0.1) is 11.8 Å². The van der Waals surface area contributed by atoms with Gasteiger partial charge < -0.3 is 48.5 Å². The molecule has 0 bridgehead atoms. The first-order valence-corrected chi connectivity index (χ1v) is 23.5. The zero-order chi connectivity index (χ0) is 47.5. The number of nitrogens with zero attached hydrogens (tertiary/aromatic N) is 14. The number of halogens is 1. The predicted octanol–water partition coefficient (Wildman–Crippen LogP) is 4.71. The van der Waals surface area contributed by atoms with Gasteiger partial charge in [-0.15, -0.1) is 0 Å². The van der Waals surface area contributed by atoms with Crippen molar-refractivity contribution in [2.24, 2.45) is 18.9 Å². The summed E-state index contributed by atoms with van der Waals surface area (Å²) in [5.74, 6) is 1.43. The van der Waals surface area contributed by atoms with Crippen LogP contribution in [0.1, 0.15) is 20.7 Å². The Morgan fingerprint density at radius 1 is 0.671 bits per heavy atom. The molecule has 3 atom stereocenters. The van der Waals surface area contributed by atoms with Gasteiger partial charge in [0.15, 0.2) is 11.2 Å². The van der Waals surface area contributed by atoms with Crippen molar-refractivity contribution in [1.82, 2.24) is 54.4 Å². The number of ether oxygens (including phenoxy) is 2. The van der Waals surface area contributed by atoms with Crippen LogP contribution in [0.5, 0.6) is 0 Å². The highest BCUT2D eigenvalue weighted by Crippen LogP contribution is 2.36. The number of rotatable bonds is 11. The molecule has 4 fully saturated rings. The van der Waals surface area contributed by atoms with Crippen LogP contribution in [-0.2, 0) is 23.1 Å². The van der Waals surface area contributed by atoms with Gasteiger partial charge in [0, 0.05) is 88.5 Å². The molecular formula is C47H47ClN16O6. The standard InChI is InChI=1S/C47H47ClN16O6/c1-59-19-29-22-63(23-30(29)20-59)43-33(45(66)54-39-8-3-5-34(51-39)27-17-49-60(2)21-27)16-37-42(56-43)58-47(70-37)62-11-14-68-31(25-62)26-64-24-28(18-50-64)35-6-4-7-38(52-35)53-44(65)32-15-36-41(55-40(32)48)57-46(69-36)61-9-12-67-13-10-61/h3-8,15-18,21,24,29-31H,9-14,19-20,22-23,25-26H2,1-2H3,(H,51,54,66)(H,52,53,65). The van der Waals surface area contributed by atoms with Gasteiger partial charge in [-0.25, -0.2) is 19.9 Å². The first-order chi connectivity index (χ1) is 34.1. The van der Waals surface area contributed by atoms with E-state index in [4.69, 9.17) is 49.8 Å². The molecule has 358 valence electrons. The Morgan fingerprint density at radius 3 is 1.97 bits per heavy atom. The number of oxazole rings is 2. The van der Waals surface area contributed by atoms with Gasteiger partial charge in [-0.3, -0.25) is 19.0 Å². The fourth-order valence-electron chi connectivity index (χ4n) is 9.73. The van der Waals surface area contributed by atoms with E-state index in [2.05, 4.69) is 47.6 Å². The van der Waals surface area contributed by atoms with Crippen molar-refractivity contribution in [3.05, 3.63) is 89.6 Å². The van der Waals surface area contributed by atoms with Crippen LogP contribution in [0.4, 0.5) is 29.5 Å². The summed E-state index contributed by atoms with van der Waals surface area (Å²) in [7, 11) is 4.00. The molecule has 0 spiro atoms. The average molecular weight is 967 g/mol. The minimum atomic E-state index is -0.497. The van der Waals surface area contributed by atoms with Gasteiger partial charge in [0.25, 0.3) is 23.8 Å². The Kier molecular flexibility index (Phi) is 11.3. The summed E-state index contributed by atoms with van der Waals surface area (Å²) in [6.07, 6.45) is 6.95. The lowest BCUT2D eigenvalue weighted by atomic mass is 10.0. The van der Waals surface area contributed by atoms with Crippen LogP contribution in [0.2, 0.25) is 5.15 Å². The molecule has 2 amide bonds. The number of amides is 2. The van der Waals surface area contributed by atoms with Crippen molar-refractivity contribution >= 4 is 75.4 Å². The van der Waals surface area contributed by atoms with E-state index in [1.165, 1.54) is 6.07 Å². The van der Waals surface area contributed by atoms with Gasteiger partial charge in [0.2, 0.25) is 11.3 Å². The van der Waals surface area contributed by atoms with E-state index in [0.29, 0.717) is 133 Å². The second-order valence-electron chi connectivity index (χ2n) is 18.1. The van der Waals surface area contributed by atoms with Crippen molar-refractivity contribution in [3.8, 4) is 22.5 Å². The molecule has 2 N–H and O–H groups in total. The van der Waals surface area contributed by atoms with Gasteiger partial charge in [-0.05, 0) is 43.1 Å². The van der Waals surface area contributed by atoms with Gasteiger partial charge in [-0.2, -0.15) is 20.2 Å². The number of fused-ring (bicyclic) bond motifs is 3. The van der Waals surface area contributed by atoms with Crippen LogP contribution in [0.3, 0.4) is 0 Å². The van der Waals surface area contributed by atoms with Gasteiger partial charge in [0.1, 0.15) is 22.6 Å². The third kappa shape index (κ3) is 8.74. The number of anilines is 5. The van der Waals surface area contributed by atoms with Gasteiger partial charge in [-0.1, -0.05) is 23.7 Å². The molecule has 4 aliphatic rings. The fraction of sp³-hybridized carbons (Fsp3) is 0.362. The Balaban J connectivity index is 0.732. The van der Waals surface area contributed by atoms with Gasteiger partial charge in [0.05, 0.1) is 73.9 Å². The zero-order valence-electron chi connectivity index (χ0n) is 38.2. The molecule has 4 saturated heterocycles. The number of carbonyl (C=O) groups is 2. The molecule has 0 aromatic carbocycles. The van der Waals surface area contributed by atoms with E-state index in [1.54, 1.807) is 46.0 Å². The maximum atomic E-state index is 14.2. The van der Waals surface area contributed by atoms with Crippen molar-refractivity contribution < 1.29 is 27.9 Å². The third-order valence-corrected chi connectivity index (χ3v) is 13.4. The molecule has 70 heavy (non-hydrogen) atoms. The highest BCUT2D eigenvalue weighted by molar-refractivity contribution is 6.33. The Labute approximate surface area is 404 Å². The number of aryl methyl sites for hydroxylation is 1. The number of aromatic nitrogens is 10. The summed E-state index contributed by atoms with van der Waals surface area (Å²) < 4.78 is 27.5. The van der Waals surface area contributed by atoms with Crippen LogP contribution in [0.15, 0.2) is 82.2 Å². The van der Waals surface area contributed by atoms with Crippen LogP contribution in [-0.4, -0.2) is 152 Å². The molecule has 0 radical (unpaired) electrons. The summed E-state index contributed by atoms with van der Waals surface area (Å²) in [4.78, 5) is 64.4. The Morgan fingerprint density at radius 2 is 1.29 bits per heavy atom. The maximum absolute atomic E-state index is 14.2. The Hall–Kier alpha value is -7.53. The van der Waals surface area contributed by atoms with E-state index in [9.17, 15) is 9.59 Å². The van der Waals surface area contributed by atoms with Gasteiger partial charge >= 0.3 is 0 Å². The molecule has 12 rings (SSSR count). The molecule has 0 aliphatic carbocycles. The van der Waals surface area contributed by atoms with E-state index >= 15 is 0 Å². The molecule has 23 heteroatoms. The molecule has 12 heterocycles. The molecular weight excluding hydrogens is 920 g/mol. The second-order valence-corrected chi connectivity index (χ2v) is 18.4. The van der Waals surface area contributed by atoms with Crippen LogP contribution >= 0.6 is 11.6 Å². The highest BCUT2D eigenvalue weighted by Gasteiger charge is 2.40. The topological polar surface area (TPSA) is 229 Å². The molecule has 8 aromatic rings. The predicted molar refractivity (Wildman–Crippen MR) is 258 cm³/mol. The number of carbonyl (C=O) groups excluding carboxylic acids is 2. The number of morpholine rings is 2. The summed E-state index contributed by atoms with van der Waals surface area (Å²) in [6.45, 7) is 7.87. The molecule has 22 nitrogen and oxygen atoms in total. The zero-order valence-corrected chi connectivity index (χ0v) is 39.0. The average Bonchev–Trinajstić information content (AvgIpc) is 4.24. The van der Waals surface area contributed by atoms with Crippen LogP contribution in [0.25, 0.3) is 45.0 Å². The lowest BCUT2D eigenvalue weighted by Crippen LogP contribution is -2.44. The summed E-state index contributed by atoms with van der Waals surface area (Å²) in [5, 5.41) is 14.7. The van der Waals surface area contributed by atoms with Crippen molar-refractivity contribution in [2.45, 2.75) is 12.6 Å². The number of hydrogen-bond acceptors (Lipinski definition) is 18. The lowest BCUT2D eigenvalue weighted by Gasteiger charge is -2.31. The summed E-state index contributed by atoms with van der Waals surface area (Å²) >= 11 is 6.47. The molecule has 4 aliphatic heterocycles. The third-order valence-electron chi connectivity index (χ3n) is 13.1. The van der Waals surface area contributed by atoms with E-state index < -0.39 is 5.91 Å². The van der Waals surface area contributed by atoms with E-state index in [1.807, 2.05) is 47.4 Å². The first kappa shape index (κ1) is 43.7. The fourth-order valence-corrected chi connectivity index (χ4v) is 9.95. The summed E-state index contributed by atoms with van der Waals surface area (Å²) in [6, 6.07) is 14.9. The van der Waals surface area contributed by atoms with E-state index in [0.717, 1.165) is 37.3 Å². The van der Waals surface area contributed by atoms with E-state index in [-0.39, 0.29) is 22.7 Å². The summed E-state index contributed by atoms with van der Waals surface area (Å²) in [5.41, 5.74) is 4.88. The smallest absolute Gasteiger partial charge is 0.300 e.